The standard InChI is InChI=1S/C17H22N4O2S/c1-13-18-16(24-19-13)21-10-8-20(9-11-21)15(22)12-17(2,23)14-6-4-3-5-7-14/h3-7,23H,8-12H2,1-2H3. The average Bonchev–Trinajstić information content (AvgIpc) is 3.02. The van der Waals surface area contributed by atoms with E-state index in [-0.39, 0.29) is 12.3 Å². The van der Waals surface area contributed by atoms with Gasteiger partial charge in [-0.15, -0.1) is 0 Å². The van der Waals surface area contributed by atoms with Crippen molar-refractivity contribution in [3.63, 3.8) is 0 Å². The Morgan fingerprint density at radius 2 is 1.92 bits per heavy atom. The molecule has 0 spiro atoms. The maximum absolute atomic E-state index is 12.6. The first-order valence-corrected chi connectivity index (χ1v) is 8.84. The number of anilines is 1. The Labute approximate surface area is 145 Å². The first kappa shape index (κ1) is 16.9. The number of rotatable bonds is 4. The van der Waals surface area contributed by atoms with Crippen LogP contribution in [0.5, 0.6) is 0 Å². The van der Waals surface area contributed by atoms with Gasteiger partial charge >= 0.3 is 0 Å². The van der Waals surface area contributed by atoms with Gasteiger partial charge in [0.1, 0.15) is 5.82 Å². The predicted molar refractivity (Wildman–Crippen MR) is 94.1 cm³/mol. The van der Waals surface area contributed by atoms with Crippen molar-refractivity contribution in [2.24, 2.45) is 0 Å². The van der Waals surface area contributed by atoms with Crippen LogP contribution in [0.3, 0.4) is 0 Å². The Morgan fingerprint density at radius 1 is 1.25 bits per heavy atom. The highest BCUT2D eigenvalue weighted by atomic mass is 32.1. The summed E-state index contributed by atoms with van der Waals surface area (Å²) in [6.45, 7) is 6.35. The summed E-state index contributed by atoms with van der Waals surface area (Å²) in [5.74, 6) is 0.768. The van der Waals surface area contributed by atoms with Gasteiger partial charge < -0.3 is 14.9 Å². The Balaban J connectivity index is 1.57. The van der Waals surface area contributed by atoms with E-state index >= 15 is 0 Å². The second-order valence-corrected chi connectivity index (χ2v) is 7.04. The van der Waals surface area contributed by atoms with E-state index in [2.05, 4.69) is 14.3 Å². The third kappa shape index (κ3) is 3.73. The molecule has 1 amide bonds. The van der Waals surface area contributed by atoms with Gasteiger partial charge in [-0.05, 0) is 19.4 Å². The molecular weight excluding hydrogens is 324 g/mol. The summed E-state index contributed by atoms with van der Waals surface area (Å²) < 4.78 is 4.20. The molecule has 1 unspecified atom stereocenters. The molecule has 1 aliphatic rings. The first-order valence-electron chi connectivity index (χ1n) is 8.07. The highest BCUT2D eigenvalue weighted by molar-refractivity contribution is 7.09. The van der Waals surface area contributed by atoms with Gasteiger partial charge in [0.15, 0.2) is 0 Å². The molecule has 1 saturated heterocycles. The molecule has 1 N–H and O–H groups in total. The van der Waals surface area contributed by atoms with Crippen LogP contribution in [0.4, 0.5) is 5.13 Å². The van der Waals surface area contributed by atoms with Gasteiger partial charge in [0.05, 0.1) is 12.0 Å². The van der Waals surface area contributed by atoms with Gasteiger partial charge in [0.25, 0.3) is 0 Å². The van der Waals surface area contributed by atoms with Crippen molar-refractivity contribution in [3.05, 3.63) is 41.7 Å². The minimum absolute atomic E-state index is 0.0167. The van der Waals surface area contributed by atoms with Gasteiger partial charge in [-0.3, -0.25) is 4.79 Å². The van der Waals surface area contributed by atoms with E-state index in [4.69, 9.17) is 0 Å². The smallest absolute Gasteiger partial charge is 0.225 e. The Hall–Kier alpha value is -1.99. The normalized spacial score (nSPS) is 17.6. The molecule has 24 heavy (non-hydrogen) atoms. The molecule has 2 heterocycles. The molecule has 7 heteroatoms. The molecule has 1 aromatic carbocycles. The maximum Gasteiger partial charge on any atom is 0.225 e. The van der Waals surface area contributed by atoms with E-state index in [0.29, 0.717) is 13.1 Å². The number of aliphatic hydroxyl groups is 1. The zero-order valence-electron chi connectivity index (χ0n) is 14.0. The van der Waals surface area contributed by atoms with Crippen LogP contribution in [0, 0.1) is 6.92 Å². The lowest BCUT2D eigenvalue weighted by molar-refractivity contribution is -0.136. The van der Waals surface area contributed by atoms with Gasteiger partial charge in [-0.1, -0.05) is 30.3 Å². The number of hydrogen-bond acceptors (Lipinski definition) is 6. The van der Waals surface area contributed by atoms with E-state index < -0.39 is 5.60 Å². The number of nitrogens with zero attached hydrogens (tertiary/aromatic N) is 4. The Kier molecular flexibility index (Phi) is 4.82. The summed E-state index contributed by atoms with van der Waals surface area (Å²) in [5, 5.41) is 11.6. The third-order valence-corrected chi connectivity index (χ3v) is 5.18. The highest BCUT2D eigenvalue weighted by Gasteiger charge is 2.30. The number of carbonyl (C=O) groups excluding carboxylic acids is 1. The zero-order chi connectivity index (χ0) is 17.2. The number of aromatic nitrogens is 2. The van der Waals surface area contributed by atoms with Gasteiger partial charge in [0, 0.05) is 37.7 Å². The van der Waals surface area contributed by atoms with Crippen LogP contribution in [-0.2, 0) is 10.4 Å². The molecule has 0 bridgehead atoms. The first-order chi connectivity index (χ1) is 11.5. The monoisotopic (exact) mass is 346 g/mol. The second-order valence-electron chi connectivity index (χ2n) is 6.31. The lowest BCUT2D eigenvalue weighted by Crippen LogP contribution is -2.50. The molecule has 3 rings (SSSR count). The Morgan fingerprint density at radius 3 is 2.50 bits per heavy atom. The summed E-state index contributed by atoms with van der Waals surface area (Å²) in [5.41, 5.74) is -0.382. The summed E-state index contributed by atoms with van der Waals surface area (Å²) in [6, 6.07) is 9.34. The summed E-state index contributed by atoms with van der Waals surface area (Å²) in [6.07, 6.45) is 0.0922. The fraction of sp³-hybridized carbons (Fsp3) is 0.471. The van der Waals surface area contributed by atoms with Crippen LogP contribution in [0.15, 0.2) is 30.3 Å². The van der Waals surface area contributed by atoms with Crippen molar-refractivity contribution in [1.82, 2.24) is 14.3 Å². The number of amides is 1. The van der Waals surface area contributed by atoms with Crippen molar-refractivity contribution < 1.29 is 9.90 Å². The fourth-order valence-electron chi connectivity index (χ4n) is 2.87. The lowest BCUT2D eigenvalue weighted by Gasteiger charge is -2.36. The van der Waals surface area contributed by atoms with E-state index in [1.807, 2.05) is 42.2 Å². The molecule has 1 aromatic heterocycles. The fourth-order valence-corrected chi connectivity index (χ4v) is 3.59. The Bertz CT molecular complexity index is 694. The lowest BCUT2D eigenvalue weighted by atomic mass is 9.92. The van der Waals surface area contributed by atoms with Gasteiger partial charge in [0.2, 0.25) is 11.0 Å². The highest BCUT2D eigenvalue weighted by Crippen LogP contribution is 2.26. The van der Waals surface area contributed by atoms with Crippen LogP contribution in [-0.4, -0.2) is 51.5 Å². The van der Waals surface area contributed by atoms with Crippen LogP contribution in [0.1, 0.15) is 24.7 Å². The number of aryl methyl sites for hydroxylation is 1. The maximum atomic E-state index is 12.6. The quantitative estimate of drug-likeness (QED) is 0.914. The van der Waals surface area contributed by atoms with Crippen molar-refractivity contribution in [2.45, 2.75) is 25.9 Å². The molecule has 0 radical (unpaired) electrons. The number of benzene rings is 1. The second kappa shape index (κ2) is 6.86. The zero-order valence-corrected chi connectivity index (χ0v) is 14.8. The van der Waals surface area contributed by atoms with E-state index in [0.717, 1.165) is 29.6 Å². The topological polar surface area (TPSA) is 69.6 Å². The largest absolute Gasteiger partial charge is 0.385 e. The number of piperazine rings is 1. The molecule has 0 aliphatic carbocycles. The SMILES string of the molecule is Cc1nsc(N2CCN(C(=O)CC(C)(O)c3ccccc3)CC2)n1. The minimum atomic E-state index is -1.15. The van der Waals surface area contributed by atoms with Crippen LogP contribution in [0.2, 0.25) is 0 Å². The van der Waals surface area contributed by atoms with Crippen molar-refractivity contribution in [2.75, 3.05) is 31.1 Å². The molecule has 6 nitrogen and oxygen atoms in total. The minimum Gasteiger partial charge on any atom is -0.385 e. The molecule has 1 atom stereocenters. The van der Waals surface area contributed by atoms with Crippen LogP contribution in [0.25, 0.3) is 0 Å². The van der Waals surface area contributed by atoms with E-state index in [1.165, 1.54) is 11.5 Å². The van der Waals surface area contributed by atoms with Gasteiger partial charge in [-0.2, -0.15) is 4.37 Å². The third-order valence-electron chi connectivity index (χ3n) is 4.31. The predicted octanol–water partition coefficient (Wildman–Crippen LogP) is 1.79. The van der Waals surface area contributed by atoms with Crippen LogP contribution >= 0.6 is 11.5 Å². The molecule has 128 valence electrons. The molecular formula is C17H22N4O2S. The number of carbonyl (C=O) groups is 1. The number of hydrogen-bond donors (Lipinski definition) is 1. The van der Waals surface area contributed by atoms with E-state index in [1.54, 1.807) is 6.92 Å². The summed E-state index contributed by atoms with van der Waals surface area (Å²) >= 11 is 1.39. The van der Waals surface area contributed by atoms with Crippen molar-refractivity contribution >= 4 is 22.6 Å². The molecule has 0 saturated carbocycles. The van der Waals surface area contributed by atoms with Crippen molar-refractivity contribution in [3.8, 4) is 0 Å². The molecule has 1 aliphatic heterocycles. The van der Waals surface area contributed by atoms with Crippen LogP contribution < -0.4 is 4.90 Å². The average molecular weight is 346 g/mol. The van der Waals surface area contributed by atoms with Gasteiger partial charge in [-0.25, -0.2) is 4.98 Å². The van der Waals surface area contributed by atoms with E-state index in [9.17, 15) is 9.90 Å². The summed E-state index contributed by atoms with van der Waals surface area (Å²) in [4.78, 5) is 20.9. The van der Waals surface area contributed by atoms with Crippen molar-refractivity contribution in [1.29, 1.82) is 0 Å². The molecule has 2 aromatic rings. The summed E-state index contributed by atoms with van der Waals surface area (Å²) in [7, 11) is 0. The molecule has 1 fully saturated rings.